The molecule has 0 radical (unpaired) electrons. The molecule has 1 atom stereocenters. The van der Waals surface area contributed by atoms with E-state index >= 15 is 0 Å². The maximum absolute atomic E-state index is 12.7. The fraction of sp³-hybridized carbons (Fsp3) is 0.409. The van der Waals surface area contributed by atoms with E-state index < -0.39 is 17.5 Å². The Bertz CT molecular complexity index is 1070. The first-order chi connectivity index (χ1) is 14.2. The molecule has 8 heteroatoms. The predicted molar refractivity (Wildman–Crippen MR) is 113 cm³/mol. The number of fused-ring (bicyclic) bond motifs is 1. The van der Waals surface area contributed by atoms with Crippen LogP contribution in [0.5, 0.6) is 5.75 Å². The first kappa shape index (κ1) is 21.9. The Balaban J connectivity index is 1.88. The number of halogens is 1. The predicted octanol–water partition coefficient (Wildman–Crippen LogP) is 3.58. The van der Waals surface area contributed by atoms with Gasteiger partial charge in [0.1, 0.15) is 17.9 Å². The van der Waals surface area contributed by atoms with E-state index in [1.54, 1.807) is 19.1 Å². The minimum atomic E-state index is -0.909. The molecule has 1 saturated heterocycles. The maximum atomic E-state index is 12.7. The Morgan fingerprint density at radius 3 is 2.80 bits per heavy atom. The van der Waals surface area contributed by atoms with E-state index in [9.17, 15) is 19.5 Å². The lowest BCUT2D eigenvalue weighted by Crippen LogP contribution is -2.43. The normalized spacial score (nSPS) is 16.5. The van der Waals surface area contributed by atoms with Gasteiger partial charge in [-0.1, -0.05) is 18.2 Å². The Kier molecular flexibility index (Phi) is 6.51. The van der Waals surface area contributed by atoms with Crippen molar-refractivity contribution in [2.45, 2.75) is 33.1 Å². The van der Waals surface area contributed by atoms with E-state index in [-0.39, 0.29) is 31.0 Å². The molecule has 0 saturated carbocycles. The lowest BCUT2D eigenvalue weighted by molar-refractivity contribution is -0.145. The molecular formula is C22H24ClNO6. The van der Waals surface area contributed by atoms with Gasteiger partial charge in [-0.15, -0.1) is 0 Å². The number of aliphatic carboxylic acids is 1. The second kappa shape index (κ2) is 8.92. The number of nitrogens with zero attached hydrogens (tertiary/aromatic N) is 1. The minimum Gasteiger partial charge on any atom is -0.488 e. The Labute approximate surface area is 178 Å². The maximum Gasteiger partial charge on any atom is 0.340 e. The van der Waals surface area contributed by atoms with Crippen molar-refractivity contribution in [2.24, 2.45) is 5.92 Å². The number of amides is 1. The molecule has 1 aliphatic heterocycles. The average Bonchev–Trinajstić information content (AvgIpc) is 2.70. The van der Waals surface area contributed by atoms with E-state index in [2.05, 4.69) is 6.58 Å². The van der Waals surface area contributed by atoms with Crippen molar-refractivity contribution in [3.8, 4) is 5.75 Å². The van der Waals surface area contributed by atoms with E-state index in [1.807, 2.05) is 6.92 Å². The van der Waals surface area contributed by atoms with Crippen molar-refractivity contribution in [2.75, 3.05) is 19.7 Å². The first-order valence-electron chi connectivity index (χ1n) is 9.71. The van der Waals surface area contributed by atoms with Crippen molar-refractivity contribution in [1.29, 1.82) is 0 Å². The lowest BCUT2D eigenvalue weighted by atomic mass is 9.97. The number of hydrogen-bond donors (Lipinski definition) is 1. The second-order valence-corrected chi connectivity index (χ2v) is 8.12. The van der Waals surface area contributed by atoms with Crippen LogP contribution in [0, 0.1) is 12.8 Å². The van der Waals surface area contributed by atoms with Gasteiger partial charge < -0.3 is 19.2 Å². The van der Waals surface area contributed by atoms with Gasteiger partial charge in [-0.05, 0) is 43.9 Å². The third-order valence-corrected chi connectivity index (χ3v) is 5.56. The Hall–Kier alpha value is -2.80. The second-order valence-electron chi connectivity index (χ2n) is 7.71. The fourth-order valence-electron chi connectivity index (χ4n) is 3.57. The number of piperidine rings is 1. The quantitative estimate of drug-likeness (QED) is 0.552. The highest BCUT2D eigenvalue weighted by molar-refractivity contribution is 6.32. The summed E-state index contributed by atoms with van der Waals surface area (Å²) in [5, 5.41) is 10.2. The van der Waals surface area contributed by atoms with Gasteiger partial charge in [0, 0.05) is 24.5 Å². The SMILES string of the molecule is C=C(C)COc1cc2oc(=O)c(CC(=O)N3CCCC(C(=O)O)C3)c(C)c2cc1Cl. The largest absolute Gasteiger partial charge is 0.488 e. The molecule has 0 aliphatic carbocycles. The first-order valence-corrected chi connectivity index (χ1v) is 10.1. The summed E-state index contributed by atoms with van der Waals surface area (Å²) in [5.74, 6) is -1.39. The molecule has 1 N–H and O–H groups in total. The van der Waals surface area contributed by atoms with E-state index in [4.69, 9.17) is 20.8 Å². The van der Waals surface area contributed by atoms with Crippen molar-refractivity contribution >= 4 is 34.4 Å². The summed E-state index contributed by atoms with van der Waals surface area (Å²) >= 11 is 6.32. The van der Waals surface area contributed by atoms with Gasteiger partial charge in [0.05, 0.1) is 22.9 Å². The topological polar surface area (TPSA) is 97.0 Å². The van der Waals surface area contributed by atoms with Crippen molar-refractivity contribution < 1.29 is 23.8 Å². The fourth-order valence-corrected chi connectivity index (χ4v) is 3.79. The van der Waals surface area contributed by atoms with Crippen LogP contribution in [0.1, 0.15) is 30.9 Å². The standard InChI is InChI=1S/C22H24ClNO6/c1-12(2)11-29-19-9-18-15(7-17(19)23)13(3)16(22(28)30-18)8-20(25)24-6-4-5-14(10-24)21(26)27/h7,9,14H,1,4-6,8,10-11H2,2-3H3,(H,26,27). The zero-order chi connectivity index (χ0) is 22.0. The molecule has 0 bridgehead atoms. The van der Waals surface area contributed by atoms with Gasteiger partial charge in [-0.25, -0.2) is 4.79 Å². The molecule has 0 spiro atoms. The average molecular weight is 434 g/mol. The minimum absolute atomic E-state index is 0.151. The van der Waals surface area contributed by atoms with Crippen LogP contribution in [-0.2, 0) is 16.0 Å². The number of carboxylic acids is 1. The molecule has 160 valence electrons. The van der Waals surface area contributed by atoms with Gasteiger partial charge in [0.15, 0.2) is 0 Å². The van der Waals surface area contributed by atoms with Gasteiger partial charge in [0.25, 0.3) is 0 Å². The van der Waals surface area contributed by atoms with Crippen molar-refractivity contribution in [1.82, 2.24) is 4.90 Å². The Morgan fingerprint density at radius 2 is 2.13 bits per heavy atom. The van der Waals surface area contributed by atoms with Gasteiger partial charge in [-0.2, -0.15) is 0 Å². The third-order valence-electron chi connectivity index (χ3n) is 5.27. The van der Waals surface area contributed by atoms with Crippen molar-refractivity contribution in [3.63, 3.8) is 0 Å². The van der Waals surface area contributed by atoms with E-state index in [1.165, 1.54) is 4.90 Å². The highest BCUT2D eigenvalue weighted by atomic mass is 35.5. The summed E-state index contributed by atoms with van der Waals surface area (Å²) < 4.78 is 11.0. The molecule has 1 unspecified atom stereocenters. The third kappa shape index (κ3) is 4.67. The summed E-state index contributed by atoms with van der Waals surface area (Å²) in [4.78, 5) is 38.1. The van der Waals surface area contributed by atoms with E-state index in [0.29, 0.717) is 46.7 Å². The number of aryl methyl sites for hydroxylation is 1. The van der Waals surface area contributed by atoms with Crippen molar-refractivity contribution in [3.05, 3.63) is 50.9 Å². The van der Waals surface area contributed by atoms with Crippen LogP contribution in [0.2, 0.25) is 5.02 Å². The number of rotatable bonds is 6. The van der Waals surface area contributed by atoms with Crippen LogP contribution in [-0.4, -0.2) is 41.6 Å². The number of likely N-dealkylation sites (tertiary alicyclic amines) is 1. The number of carboxylic acid groups (broad SMARTS) is 1. The van der Waals surface area contributed by atoms with Crippen LogP contribution in [0.25, 0.3) is 11.0 Å². The summed E-state index contributed by atoms with van der Waals surface area (Å²) in [5.41, 5.74) is 1.39. The van der Waals surface area contributed by atoms with E-state index in [0.717, 1.165) is 5.57 Å². The van der Waals surface area contributed by atoms with Crippen LogP contribution >= 0.6 is 11.6 Å². The highest BCUT2D eigenvalue weighted by Crippen LogP contribution is 2.32. The van der Waals surface area contributed by atoms with Gasteiger partial charge in [-0.3, -0.25) is 9.59 Å². The Morgan fingerprint density at radius 1 is 1.40 bits per heavy atom. The number of ether oxygens (including phenoxy) is 1. The lowest BCUT2D eigenvalue weighted by Gasteiger charge is -2.30. The molecule has 1 aliphatic rings. The van der Waals surface area contributed by atoms with Crippen LogP contribution in [0.15, 0.2) is 33.5 Å². The van der Waals surface area contributed by atoms with Crippen LogP contribution in [0.4, 0.5) is 0 Å². The van der Waals surface area contributed by atoms with Crippen LogP contribution in [0.3, 0.4) is 0 Å². The summed E-state index contributed by atoms with van der Waals surface area (Å²) in [6.07, 6.45) is 1.02. The summed E-state index contributed by atoms with van der Waals surface area (Å²) in [6.45, 7) is 8.26. The van der Waals surface area contributed by atoms with Gasteiger partial charge in [0.2, 0.25) is 5.91 Å². The molecule has 1 fully saturated rings. The molecule has 1 amide bonds. The molecule has 3 rings (SSSR count). The molecule has 2 heterocycles. The molecule has 7 nitrogen and oxygen atoms in total. The molecule has 2 aromatic rings. The summed E-state index contributed by atoms with van der Waals surface area (Å²) in [7, 11) is 0. The number of hydrogen-bond acceptors (Lipinski definition) is 5. The highest BCUT2D eigenvalue weighted by Gasteiger charge is 2.29. The molecule has 30 heavy (non-hydrogen) atoms. The smallest absolute Gasteiger partial charge is 0.340 e. The molecule has 1 aromatic carbocycles. The summed E-state index contributed by atoms with van der Waals surface area (Å²) in [6, 6.07) is 3.21. The van der Waals surface area contributed by atoms with Crippen LogP contribution < -0.4 is 10.4 Å². The number of benzene rings is 1. The number of carbonyl (C=O) groups excluding carboxylic acids is 1. The zero-order valence-corrected chi connectivity index (χ0v) is 17.8. The number of carbonyl (C=O) groups is 2. The monoisotopic (exact) mass is 433 g/mol. The zero-order valence-electron chi connectivity index (χ0n) is 17.0. The molecular weight excluding hydrogens is 410 g/mol. The van der Waals surface area contributed by atoms with Gasteiger partial charge >= 0.3 is 11.6 Å². The molecule has 1 aromatic heterocycles.